The normalized spacial score (nSPS) is 15.0. The summed E-state index contributed by atoms with van der Waals surface area (Å²) in [6.07, 6.45) is 1.48. The predicted molar refractivity (Wildman–Crippen MR) is 117 cm³/mol. The molecule has 0 atom stereocenters. The molecular weight excluding hydrogens is 452 g/mol. The third kappa shape index (κ3) is 4.06. The highest BCUT2D eigenvalue weighted by Gasteiger charge is 2.26. The number of hydrogen-bond acceptors (Lipinski definition) is 4. The van der Waals surface area contributed by atoms with Gasteiger partial charge in [0.05, 0.1) is 16.3 Å². The van der Waals surface area contributed by atoms with Crippen molar-refractivity contribution in [3.63, 3.8) is 0 Å². The quantitative estimate of drug-likeness (QED) is 0.597. The Morgan fingerprint density at radius 1 is 0.793 bits per heavy atom. The number of para-hydroxylation sites is 1. The molecule has 1 aliphatic carbocycles. The Kier molecular flexibility index (Phi) is 5.17. The van der Waals surface area contributed by atoms with Crippen molar-refractivity contribution in [1.82, 2.24) is 0 Å². The van der Waals surface area contributed by atoms with Crippen LogP contribution in [0.3, 0.4) is 0 Å². The first kappa shape index (κ1) is 19.3. The van der Waals surface area contributed by atoms with Gasteiger partial charge < -0.3 is 5.32 Å². The maximum Gasteiger partial charge on any atom is 0.282 e. The maximum absolute atomic E-state index is 12.9. The van der Waals surface area contributed by atoms with Crippen molar-refractivity contribution in [1.29, 1.82) is 0 Å². The molecule has 3 aromatic carbocycles. The van der Waals surface area contributed by atoms with Gasteiger partial charge in [-0.3, -0.25) is 4.79 Å². The largest absolute Gasteiger partial charge is 0.352 e. The molecule has 0 saturated heterocycles. The van der Waals surface area contributed by atoms with E-state index >= 15 is 0 Å². The molecule has 0 unspecified atom stereocenters. The standard InChI is InChI=1S/C22H15BrN2O3S/c23-15-10-12-17(13-11-15)29(27,28)25-20-14-21(24-16-6-2-1-3-7-16)22(26)19-9-5-4-8-18(19)20/h1-14,24H/b25-20-. The van der Waals surface area contributed by atoms with Crippen molar-refractivity contribution in [2.24, 2.45) is 4.40 Å². The van der Waals surface area contributed by atoms with Gasteiger partial charge >= 0.3 is 0 Å². The van der Waals surface area contributed by atoms with Gasteiger partial charge in [-0.25, -0.2) is 0 Å². The number of anilines is 1. The van der Waals surface area contributed by atoms with E-state index in [9.17, 15) is 13.2 Å². The molecule has 1 aliphatic rings. The Balaban J connectivity index is 1.82. The number of ketones is 1. The first-order valence-corrected chi connectivity index (χ1v) is 11.0. The highest BCUT2D eigenvalue weighted by Crippen LogP contribution is 2.25. The zero-order chi connectivity index (χ0) is 20.4. The summed E-state index contributed by atoms with van der Waals surface area (Å²) in [5.74, 6) is -0.218. The van der Waals surface area contributed by atoms with Crippen molar-refractivity contribution >= 4 is 43.1 Å². The van der Waals surface area contributed by atoms with Crippen LogP contribution >= 0.6 is 15.9 Å². The maximum atomic E-state index is 12.9. The van der Waals surface area contributed by atoms with Crippen LogP contribution < -0.4 is 5.32 Å². The summed E-state index contributed by atoms with van der Waals surface area (Å²) in [6.45, 7) is 0. The topological polar surface area (TPSA) is 75.6 Å². The lowest BCUT2D eigenvalue weighted by Crippen LogP contribution is -2.22. The lowest BCUT2D eigenvalue weighted by atomic mass is 9.92. The van der Waals surface area contributed by atoms with Gasteiger partial charge in [0.1, 0.15) is 0 Å². The molecule has 29 heavy (non-hydrogen) atoms. The summed E-state index contributed by atoms with van der Waals surface area (Å²) in [6, 6.07) is 22.3. The minimum absolute atomic E-state index is 0.0774. The Morgan fingerprint density at radius 2 is 1.41 bits per heavy atom. The number of nitrogens with one attached hydrogen (secondary N) is 1. The molecule has 0 radical (unpaired) electrons. The first-order valence-electron chi connectivity index (χ1n) is 8.72. The van der Waals surface area contributed by atoms with Crippen LogP contribution in [0.2, 0.25) is 0 Å². The van der Waals surface area contributed by atoms with Crippen LogP contribution in [-0.2, 0) is 10.0 Å². The van der Waals surface area contributed by atoms with Gasteiger partial charge in [-0.1, -0.05) is 58.4 Å². The van der Waals surface area contributed by atoms with E-state index in [0.29, 0.717) is 11.1 Å². The lowest BCUT2D eigenvalue weighted by Gasteiger charge is -2.18. The molecule has 4 rings (SSSR count). The summed E-state index contributed by atoms with van der Waals surface area (Å²) < 4.78 is 30.5. The third-order valence-corrected chi connectivity index (χ3v) is 6.19. The number of nitrogens with zero attached hydrogens (tertiary/aromatic N) is 1. The number of allylic oxidation sites excluding steroid dienone is 2. The van der Waals surface area contributed by atoms with E-state index in [1.807, 2.05) is 30.3 Å². The zero-order valence-electron chi connectivity index (χ0n) is 15.0. The molecule has 5 nitrogen and oxygen atoms in total. The second-order valence-electron chi connectivity index (χ2n) is 6.33. The van der Waals surface area contributed by atoms with E-state index in [1.54, 1.807) is 36.4 Å². The summed E-state index contributed by atoms with van der Waals surface area (Å²) in [5.41, 5.74) is 2.08. The van der Waals surface area contributed by atoms with Crippen LogP contribution in [0.4, 0.5) is 5.69 Å². The minimum Gasteiger partial charge on any atom is -0.352 e. The summed E-state index contributed by atoms with van der Waals surface area (Å²) >= 11 is 3.29. The molecule has 0 spiro atoms. The fraction of sp³-hybridized carbons (Fsp3) is 0. The average molecular weight is 467 g/mol. The average Bonchev–Trinajstić information content (AvgIpc) is 2.72. The fourth-order valence-electron chi connectivity index (χ4n) is 2.96. The second kappa shape index (κ2) is 7.77. The molecule has 7 heteroatoms. The SMILES string of the molecule is O=C1C(Nc2ccccc2)=C/C(=N/S(=O)(=O)c2ccc(Br)cc2)c2ccccc21. The van der Waals surface area contributed by atoms with E-state index in [0.717, 1.165) is 10.2 Å². The van der Waals surface area contributed by atoms with Gasteiger partial charge in [0.15, 0.2) is 0 Å². The van der Waals surface area contributed by atoms with E-state index in [2.05, 4.69) is 25.6 Å². The zero-order valence-corrected chi connectivity index (χ0v) is 17.4. The van der Waals surface area contributed by atoms with Gasteiger partial charge in [0.25, 0.3) is 10.0 Å². The number of carbonyl (C=O) groups excluding carboxylic acids is 1. The number of hydrogen-bond donors (Lipinski definition) is 1. The Morgan fingerprint density at radius 3 is 2.10 bits per heavy atom. The summed E-state index contributed by atoms with van der Waals surface area (Å²) in [4.78, 5) is 13.0. The molecule has 0 saturated carbocycles. The van der Waals surface area contributed by atoms with Gasteiger partial charge in [-0.15, -0.1) is 0 Å². The van der Waals surface area contributed by atoms with Gasteiger partial charge in [-0.2, -0.15) is 12.8 Å². The highest BCUT2D eigenvalue weighted by atomic mass is 79.9. The number of rotatable bonds is 4. The van der Waals surface area contributed by atoms with Crippen molar-refractivity contribution in [3.05, 3.63) is 106 Å². The van der Waals surface area contributed by atoms with Crippen molar-refractivity contribution in [2.45, 2.75) is 4.90 Å². The number of benzene rings is 3. The number of halogens is 1. The first-order chi connectivity index (χ1) is 13.9. The van der Waals surface area contributed by atoms with Crippen LogP contribution in [0.25, 0.3) is 0 Å². The monoisotopic (exact) mass is 466 g/mol. The molecule has 1 N–H and O–H groups in total. The molecule has 3 aromatic rings. The number of carbonyl (C=O) groups is 1. The van der Waals surface area contributed by atoms with Gasteiger partial charge in [0.2, 0.25) is 5.78 Å². The summed E-state index contributed by atoms with van der Waals surface area (Å²) in [7, 11) is -3.95. The van der Waals surface area contributed by atoms with Crippen molar-refractivity contribution in [2.75, 3.05) is 5.32 Å². The summed E-state index contributed by atoms with van der Waals surface area (Å²) in [5, 5.41) is 3.06. The number of fused-ring (bicyclic) bond motifs is 1. The predicted octanol–water partition coefficient (Wildman–Crippen LogP) is 4.82. The van der Waals surface area contributed by atoms with E-state index in [1.165, 1.54) is 18.2 Å². The molecule has 0 bridgehead atoms. The highest BCUT2D eigenvalue weighted by molar-refractivity contribution is 9.10. The van der Waals surface area contributed by atoms with E-state index in [4.69, 9.17) is 0 Å². The fourth-order valence-corrected chi connectivity index (χ4v) is 4.22. The van der Waals surface area contributed by atoms with Crippen LogP contribution in [-0.4, -0.2) is 19.9 Å². The number of Topliss-reactive ketones (excluding diaryl/α,β-unsaturated/α-hetero) is 1. The van der Waals surface area contributed by atoms with E-state index in [-0.39, 0.29) is 22.1 Å². The lowest BCUT2D eigenvalue weighted by molar-refractivity contribution is 0.103. The molecule has 144 valence electrons. The Hall–Kier alpha value is -3.03. The van der Waals surface area contributed by atoms with Crippen LogP contribution in [0.1, 0.15) is 15.9 Å². The van der Waals surface area contributed by atoms with Crippen molar-refractivity contribution in [3.8, 4) is 0 Å². The van der Waals surface area contributed by atoms with Crippen LogP contribution in [0, 0.1) is 0 Å². The molecule has 0 aromatic heterocycles. The molecular formula is C22H15BrN2O3S. The second-order valence-corrected chi connectivity index (χ2v) is 8.85. The molecule has 0 fully saturated rings. The molecule has 0 heterocycles. The van der Waals surface area contributed by atoms with Gasteiger partial charge in [-0.05, 0) is 42.5 Å². The van der Waals surface area contributed by atoms with Crippen LogP contribution in [0.5, 0.6) is 0 Å². The minimum atomic E-state index is -3.95. The number of sulfonamides is 1. The van der Waals surface area contributed by atoms with Gasteiger partial charge in [0, 0.05) is 21.3 Å². The Bertz CT molecular complexity index is 1250. The van der Waals surface area contributed by atoms with E-state index < -0.39 is 10.0 Å². The molecule has 0 aliphatic heterocycles. The van der Waals surface area contributed by atoms with Crippen molar-refractivity contribution < 1.29 is 13.2 Å². The van der Waals surface area contributed by atoms with Crippen LogP contribution in [0.15, 0.2) is 104 Å². The third-order valence-electron chi connectivity index (χ3n) is 4.36. The smallest absolute Gasteiger partial charge is 0.282 e. The Labute approximate surface area is 177 Å². The molecule has 0 amide bonds.